The van der Waals surface area contributed by atoms with Gasteiger partial charge in [-0.1, -0.05) is 0 Å². The molecule has 0 aromatic carbocycles. The number of carbonyl (C=O) groups is 1. The van der Waals surface area contributed by atoms with Crippen molar-refractivity contribution in [3.63, 3.8) is 0 Å². The lowest BCUT2D eigenvalue weighted by molar-refractivity contribution is 0.0592. The number of hydrogen-bond donors (Lipinski definition) is 0. The third-order valence-corrected chi connectivity index (χ3v) is 2.16. The highest BCUT2D eigenvalue weighted by Crippen LogP contribution is 2.20. The molecule has 0 bridgehead atoms. The molecule has 2 aromatic heterocycles. The Balaban J connectivity index is 2.68. The first-order valence-electron chi connectivity index (χ1n) is 4.35. The molecule has 78 valence electrons. The van der Waals surface area contributed by atoms with E-state index in [-0.39, 0.29) is 0 Å². The van der Waals surface area contributed by atoms with Gasteiger partial charge in [0.25, 0.3) is 0 Å². The smallest absolute Gasteiger partial charge is 0.355 e. The molecule has 2 heterocycles. The monoisotopic (exact) mass is 206 g/mol. The molecule has 2 aromatic rings. The van der Waals surface area contributed by atoms with Gasteiger partial charge in [-0.15, -0.1) is 0 Å². The van der Waals surface area contributed by atoms with E-state index >= 15 is 0 Å². The molecule has 0 saturated heterocycles. The van der Waals surface area contributed by atoms with E-state index in [2.05, 4.69) is 9.72 Å². The van der Waals surface area contributed by atoms with Gasteiger partial charge in [0.05, 0.1) is 26.7 Å². The maximum atomic E-state index is 11.4. The van der Waals surface area contributed by atoms with Crippen LogP contribution in [0.25, 0.3) is 5.52 Å². The average Bonchev–Trinajstić information content (AvgIpc) is 2.75. The van der Waals surface area contributed by atoms with E-state index in [9.17, 15) is 4.79 Å². The molecular weight excluding hydrogens is 196 g/mol. The zero-order valence-electron chi connectivity index (χ0n) is 8.43. The predicted molar refractivity (Wildman–Crippen MR) is 53.1 cm³/mol. The van der Waals surface area contributed by atoms with E-state index in [1.807, 2.05) is 0 Å². The first kappa shape index (κ1) is 9.51. The molecular formula is C10H10N2O3. The van der Waals surface area contributed by atoms with E-state index < -0.39 is 5.97 Å². The van der Waals surface area contributed by atoms with Gasteiger partial charge in [0, 0.05) is 0 Å². The number of pyridine rings is 1. The molecule has 0 N–H and O–H groups in total. The van der Waals surface area contributed by atoms with Gasteiger partial charge in [0.2, 0.25) is 0 Å². The number of ether oxygens (including phenoxy) is 2. The SMILES string of the molecule is COC(=O)c1ccc(OC)c2cncn12. The predicted octanol–water partition coefficient (Wildman–Crippen LogP) is 1.13. The molecule has 0 atom stereocenters. The van der Waals surface area contributed by atoms with Gasteiger partial charge in [0.15, 0.2) is 0 Å². The molecule has 0 spiro atoms. The normalized spacial score (nSPS) is 10.3. The van der Waals surface area contributed by atoms with Crippen molar-refractivity contribution in [2.75, 3.05) is 14.2 Å². The van der Waals surface area contributed by atoms with Crippen LogP contribution in [0.1, 0.15) is 10.5 Å². The van der Waals surface area contributed by atoms with Gasteiger partial charge in [0.1, 0.15) is 17.0 Å². The first-order chi connectivity index (χ1) is 7.27. The van der Waals surface area contributed by atoms with Crippen LogP contribution >= 0.6 is 0 Å². The minimum atomic E-state index is -0.402. The maximum absolute atomic E-state index is 11.4. The summed E-state index contributed by atoms with van der Waals surface area (Å²) in [6, 6.07) is 3.35. The van der Waals surface area contributed by atoms with Crippen LogP contribution in [-0.2, 0) is 4.74 Å². The van der Waals surface area contributed by atoms with Crippen molar-refractivity contribution in [1.82, 2.24) is 9.38 Å². The molecule has 0 fully saturated rings. The Bertz CT molecular complexity index is 504. The first-order valence-corrected chi connectivity index (χ1v) is 4.35. The molecule has 5 nitrogen and oxygen atoms in total. The van der Waals surface area contributed by atoms with Gasteiger partial charge >= 0.3 is 5.97 Å². The van der Waals surface area contributed by atoms with Gasteiger partial charge in [-0.25, -0.2) is 9.78 Å². The van der Waals surface area contributed by atoms with Gasteiger partial charge < -0.3 is 9.47 Å². The summed E-state index contributed by atoms with van der Waals surface area (Å²) in [7, 11) is 2.91. The van der Waals surface area contributed by atoms with Crippen molar-refractivity contribution in [3.05, 3.63) is 30.4 Å². The van der Waals surface area contributed by atoms with Crippen LogP contribution in [0, 0.1) is 0 Å². The highest BCUT2D eigenvalue weighted by atomic mass is 16.5. The zero-order valence-corrected chi connectivity index (χ0v) is 8.43. The summed E-state index contributed by atoms with van der Waals surface area (Å²) in [5, 5.41) is 0. The minimum Gasteiger partial charge on any atom is -0.494 e. The van der Waals surface area contributed by atoms with E-state index in [4.69, 9.17) is 4.74 Å². The third-order valence-electron chi connectivity index (χ3n) is 2.16. The summed E-state index contributed by atoms with van der Waals surface area (Å²) < 4.78 is 11.4. The van der Waals surface area contributed by atoms with Crippen LogP contribution < -0.4 is 4.74 Å². The van der Waals surface area contributed by atoms with Gasteiger partial charge in [-0.3, -0.25) is 4.40 Å². The van der Waals surface area contributed by atoms with Crippen molar-refractivity contribution in [2.45, 2.75) is 0 Å². The number of hydrogen-bond acceptors (Lipinski definition) is 4. The highest BCUT2D eigenvalue weighted by molar-refractivity contribution is 5.89. The van der Waals surface area contributed by atoms with E-state index in [0.29, 0.717) is 11.4 Å². The Hall–Kier alpha value is -2.04. The summed E-state index contributed by atoms with van der Waals surface area (Å²) in [4.78, 5) is 15.4. The number of aromatic nitrogens is 2. The van der Waals surface area contributed by atoms with Gasteiger partial charge in [-0.2, -0.15) is 0 Å². The van der Waals surface area contributed by atoms with Crippen LogP contribution in [0.15, 0.2) is 24.7 Å². The number of methoxy groups -OCH3 is 2. The Morgan fingerprint density at radius 2 is 2.20 bits per heavy atom. The fourth-order valence-corrected chi connectivity index (χ4v) is 1.43. The topological polar surface area (TPSA) is 52.8 Å². The van der Waals surface area contributed by atoms with Crippen molar-refractivity contribution in [3.8, 4) is 5.75 Å². The number of nitrogens with zero attached hydrogens (tertiary/aromatic N) is 2. The standard InChI is InChI=1S/C10H10N2O3/c1-14-9-4-3-7(10(13)15-2)12-6-11-5-8(9)12/h3-6H,1-2H3. The second-order valence-electron chi connectivity index (χ2n) is 2.93. The Labute approximate surface area is 86.3 Å². The molecule has 0 aliphatic rings. The number of rotatable bonds is 2. The number of esters is 1. The molecule has 0 aliphatic heterocycles. The van der Waals surface area contributed by atoms with Crippen molar-refractivity contribution < 1.29 is 14.3 Å². The number of imidazole rings is 1. The maximum Gasteiger partial charge on any atom is 0.355 e. The fraction of sp³-hybridized carbons (Fsp3) is 0.200. The number of carbonyl (C=O) groups excluding carboxylic acids is 1. The Kier molecular flexibility index (Phi) is 2.29. The van der Waals surface area contributed by atoms with Crippen molar-refractivity contribution >= 4 is 11.5 Å². The second-order valence-corrected chi connectivity index (χ2v) is 2.93. The van der Waals surface area contributed by atoms with Gasteiger partial charge in [-0.05, 0) is 12.1 Å². The quantitative estimate of drug-likeness (QED) is 0.691. The summed E-state index contributed by atoms with van der Waals surface area (Å²) in [6.07, 6.45) is 3.18. The van der Waals surface area contributed by atoms with Crippen molar-refractivity contribution in [1.29, 1.82) is 0 Å². The van der Waals surface area contributed by atoms with E-state index in [1.165, 1.54) is 7.11 Å². The highest BCUT2D eigenvalue weighted by Gasteiger charge is 2.12. The largest absolute Gasteiger partial charge is 0.494 e. The zero-order chi connectivity index (χ0) is 10.8. The van der Waals surface area contributed by atoms with Crippen LogP contribution in [0.4, 0.5) is 0 Å². The second kappa shape index (κ2) is 3.61. The van der Waals surface area contributed by atoms with E-state index in [0.717, 1.165) is 5.52 Å². The van der Waals surface area contributed by atoms with Crippen LogP contribution in [0.5, 0.6) is 5.75 Å². The molecule has 0 unspecified atom stereocenters. The molecule has 2 rings (SSSR count). The minimum absolute atomic E-state index is 0.402. The lowest BCUT2D eigenvalue weighted by atomic mass is 10.3. The van der Waals surface area contributed by atoms with Crippen LogP contribution in [-0.4, -0.2) is 29.6 Å². The number of fused-ring (bicyclic) bond motifs is 1. The molecule has 0 amide bonds. The van der Waals surface area contributed by atoms with Crippen LogP contribution in [0.2, 0.25) is 0 Å². The van der Waals surface area contributed by atoms with Crippen LogP contribution in [0.3, 0.4) is 0 Å². The summed E-state index contributed by atoms with van der Waals surface area (Å²) in [5.41, 5.74) is 1.16. The van der Waals surface area contributed by atoms with Crippen molar-refractivity contribution in [2.24, 2.45) is 0 Å². The summed E-state index contributed by atoms with van der Waals surface area (Å²) in [5.74, 6) is 0.265. The molecule has 0 saturated carbocycles. The van der Waals surface area contributed by atoms with E-state index in [1.54, 1.807) is 36.2 Å². The summed E-state index contributed by atoms with van der Waals surface area (Å²) >= 11 is 0. The molecule has 5 heteroatoms. The Morgan fingerprint density at radius 1 is 1.40 bits per heavy atom. The molecule has 15 heavy (non-hydrogen) atoms. The lowest BCUT2D eigenvalue weighted by Crippen LogP contribution is -2.07. The fourth-order valence-electron chi connectivity index (χ4n) is 1.43. The Morgan fingerprint density at radius 3 is 2.87 bits per heavy atom. The summed E-state index contributed by atoms with van der Waals surface area (Å²) in [6.45, 7) is 0. The lowest BCUT2D eigenvalue weighted by Gasteiger charge is -2.06. The third kappa shape index (κ3) is 1.41. The molecule has 0 aliphatic carbocycles. The average molecular weight is 206 g/mol. The molecule has 0 radical (unpaired) electrons.